The Morgan fingerprint density at radius 1 is 0.827 bits per heavy atom. The summed E-state index contributed by atoms with van der Waals surface area (Å²) in [5.41, 5.74) is 0. The average molecular weight is 754 g/mol. The summed E-state index contributed by atoms with van der Waals surface area (Å²) in [6.07, 6.45) is 4.12. The van der Waals surface area contributed by atoms with Gasteiger partial charge in [-0.15, -0.1) is 0 Å². The number of hydrogen-bond acceptors (Lipinski definition) is 14. The molecule has 0 radical (unpaired) electrons. The van der Waals surface area contributed by atoms with Crippen LogP contribution < -0.4 is 16.8 Å². The van der Waals surface area contributed by atoms with Gasteiger partial charge in [-0.1, -0.05) is 96.8 Å². The molecule has 2 rings (SSSR count). The van der Waals surface area contributed by atoms with Crippen LogP contribution in [0.15, 0.2) is 0 Å². The highest BCUT2D eigenvalue weighted by Gasteiger charge is 2.50. The monoisotopic (exact) mass is 753 g/mol. The van der Waals surface area contributed by atoms with E-state index in [0.29, 0.717) is 6.42 Å². The average Bonchev–Trinajstić information content (AvgIpc) is 3.11. The van der Waals surface area contributed by atoms with Crippen molar-refractivity contribution in [1.82, 2.24) is 16.8 Å². The molecule has 11 atom stereocenters. The minimum Gasteiger partial charge on any atom is -0.394 e. The van der Waals surface area contributed by atoms with Gasteiger partial charge >= 0.3 is 0 Å². The summed E-state index contributed by atoms with van der Waals surface area (Å²) in [5, 5.41) is 77.4. The maximum Gasteiger partial charge on any atom is 0.220 e. The van der Waals surface area contributed by atoms with Crippen LogP contribution in [0.5, 0.6) is 0 Å². The maximum absolute atomic E-state index is 12.3. The fourth-order valence-corrected chi connectivity index (χ4v) is 6.64. The lowest BCUT2D eigenvalue weighted by Gasteiger charge is -2.46. The Morgan fingerprint density at radius 3 is 1.90 bits per heavy atom. The van der Waals surface area contributed by atoms with E-state index in [1.54, 1.807) is 0 Å². The standard InChI is InChI=1S/C36H68N2O13.H3N/c1-3-4-5-6-7-8-9-10-11-12-13-14-15-16-17-18-28(44)37-19-20-48-36-33(47)35(32(46)27(23-40)49-36)51-29-21-25(42)30(38-24(2)41)34(50-29)31(45)26(43)22-39;/h25-27,29-36,39-40,42-43,45-47H,3-23H2,1-2H3,(H,37,44)(H,38,41);1H3. The summed E-state index contributed by atoms with van der Waals surface area (Å²) >= 11 is 0. The van der Waals surface area contributed by atoms with Gasteiger partial charge < -0.3 is 71.5 Å². The van der Waals surface area contributed by atoms with E-state index in [4.69, 9.17) is 18.9 Å². The van der Waals surface area contributed by atoms with Crippen LogP contribution >= 0.6 is 0 Å². The highest BCUT2D eigenvalue weighted by Crippen LogP contribution is 2.30. The van der Waals surface area contributed by atoms with E-state index in [-0.39, 0.29) is 31.6 Å². The molecular weight excluding hydrogens is 682 g/mol. The molecule has 2 saturated heterocycles. The second kappa shape index (κ2) is 28.0. The Balaban J connectivity index is 0.0000135. The van der Waals surface area contributed by atoms with E-state index >= 15 is 0 Å². The van der Waals surface area contributed by atoms with Crippen LogP contribution in [0.4, 0.5) is 0 Å². The quantitative estimate of drug-likeness (QED) is 0.0526. The van der Waals surface area contributed by atoms with Gasteiger partial charge in [0, 0.05) is 26.3 Å². The van der Waals surface area contributed by atoms with E-state index in [0.717, 1.165) is 19.3 Å². The zero-order valence-corrected chi connectivity index (χ0v) is 31.5. The van der Waals surface area contributed by atoms with Crippen molar-refractivity contribution in [1.29, 1.82) is 0 Å². The molecule has 12 N–H and O–H groups in total. The van der Waals surface area contributed by atoms with Crippen molar-refractivity contribution in [3.8, 4) is 0 Å². The van der Waals surface area contributed by atoms with E-state index in [1.165, 1.54) is 84.0 Å². The molecule has 0 aromatic heterocycles. The first-order chi connectivity index (χ1) is 24.5. The molecule has 16 heteroatoms. The van der Waals surface area contributed by atoms with Crippen molar-refractivity contribution in [2.45, 2.75) is 190 Å². The van der Waals surface area contributed by atoms with Crippen molar-refractivity contribution >= 4 is 11.8 Å². The van der Waals surface area contributed by atoms with Crippen LogP contribution in [0.1, 0.15) is 123 Å². The predicted octanol–water partition coefficient (Wildman–Crippen LogP) is 1.06. The molecule has 0 aromatic rings. The van der Waals surface area contributed by atoms with Gasteiger partial charge in [0.1, 0.15) is 42.7 Å². The molecule has 2 heterocycles. The first kappa shape index (κ1) is 48.5. The van der Waals surface area contributed by atoms with Crippen molar-refractivity contribution in [2.75, 3.05) is 26.4 Å². The third kappa shape index (κ3) is 17.7. The molecule has 0 spiro atoms. The topological polar surface area (TPSA) is 272 Å². The fourth-order valence-electron chi connectivity index (χ4n) is 6.64. The van der Waals surface area contributed by atoms with Crippen molar-refractivity contribution in [2.24, 2.45) is 0 Å². The minimum absolute atomic E-state index is 0. The van der Waals surface area contributed by atoms with Gasteiger partial charge in [-0.05, 0) is 6.42 Å². The zero-order valence-electron chi connectivity index (χ0n) is 31.5. The minimum atomic E-state index is -1.74. The SMILES string of the molecule is CCCCCCCCCCCCCCCCCC(=O)NCCOC1OC(CO)C(O)C(OC2CC(O)C(NC(C)=O)C(C(O)C(O)CO)O2)C1O.N. The maximum atomic E-state index is 12.3. The van der Waals surface area contributed by atoms with E-state index in [9.17, 15) is 45.3 Å². The number of unbranched alkanes of at least 4 members (excludes halogenated alkanes) is 14. The molecule has 16 nitrogen and oxygen atoms in total. The van der Waals surface area contributed by atoms with Gasteiger partial charge in [-0.2, -0.15) is 0 Å². The Labute approximate surface area is 309 Å². The summed E-state index contributed by atoms with van der Waals surface area (Å²) in [6, 6.07) is -1.17. The smallest absolute Gasteiger partial charge is 0.220 e. The second-order valence-electron chi connectivity index (χ2n) is 14.0. The molecule has 2 aliphatic rings. The number of carbonyl (C=O) groups is 2. The molecule has 2 aliphatic heterocycles. The van der Waals surface area contributed by atoms with Crippen molar-refractivity contribution in [3.63, 3.8) is 0 Å². The third-order valence-electron chi connectivity index (χ3n) is 9.64. The normalized spacial score (nSPS) is 28.8. The van der Waals surface area contributed by atoms with Gasteiger partial charge in [0.15, 0.2) is 12.6 Å². The fraction of sp³-hybridized carbons (Fsp3) is 0.944. The van der Waals surface area contributed by atoms with Gasteiger partial charge in [0.05, 0.1) is 32.0 Å². The molecule has 0 saturated carbocycles. The van der Waals surface area contributed by atoms with Gasteiger partial charge in [-0.3, -0.25) is 9.59 Å². The lowest BCUT2D eigenvalue weighted by molar-refractivity contribution is -0.342. The first-order valence-electron chi connectivity index (χ1n) is 19.3. The molecule has 2 fully saturated rings. The molecule has 0 aromatic carbocycles. The Bertz CT molecular complexity index is 938. The number of ether oxygens (including phenoxy) is 4. The van der Waals surface area contributed by atoms with Crippen molar-refractivity contribution < 1.29 is 64.3 Å². The van der Waals surface area contributed by atoms with Gasteiger partial charge in [-0.25, -0.2) is 0 Å². The van der Waals surface area contributed by atoms with Crippen LogP contribution in [0, 0.1) is 0 Å². The van der Waals surface area contributed by atoms with Crippen LogP contribution in [0.2, 0.25) is 0 Å². The van der Waals surface area contributed by atoms with E-state index < -0.39 is 86.6 Å². The van der Waals surface area contributed by atoms with Gasteiger partial charge in [0.25, 0.3) is 0 Å². The highest BCUT2D eigenvalue weighted by molar-refractivity contribution is 5.75. The van der Waals surface area contributed by atoms with E-state index in [2.05, 4.69) is 17.6 Å². The number of aliphatic hydroxyl groups is 7. The third-order valence-corrected chi connectivity index (χ3v) is 9.64. The Morgan fingerprint density at radius 2 is 1.38 bits per heavy atom. The van der Waals surface area contributed by atoms with Crippen molar-refractivity contribution in [3.05, 3.63) is 0 Å². The number of carbonyl (C=O) groups excluding carboxylic acids is 2. The molecule has 308 valence electrons. The predicted molar refractivity (Wildman–Crippen MR) is 192 cm³/mol. The van der Waals surface area contributed by atoms with Crippen LogP contribution in [-0.2, 0) is 28.5 Å². The number of amides is 2. The largest absolute Gasteiger partial charge is 0.394 e. The number of hydrogen-bond donors (Lipinski definition) is 10. The summed E-state index contributed by atoms with van der Waals surface area (Å²) < 4.78 is 22.7. The molecule has 2 amide bonds. The summed E-state index contributed by atoms with van der Waals surface area (Å²) in [5.74, 6) is -0.656. The summed E-state index contributed by atoms with van der Waals surface area (Å²) in [7, 11) is 0. The molecule has 52 heavy (non-hydrogen) atoms. The molecular formula is C36H71N3O13. The van der Waals surface area contributed by atoms with Crippen LogP contribution in [0.3, 0.4) is 0 Å². The summed E-state index contributed by atoms with van der Waals surface area (Å²) in [6.45, 7) is 2.05. The Kier molecular flexibility index (Phi) is 26.1. The summed E-state index contributed by atoms with van der Waals surface area (Å²) in [4.78, 5) is 24.0. The number of rotatable bonds is 27. The molecule has 0 bridgehead atoms. The Hall–Kier alpha value is -1.54. The highest BCUT2D eigenvalue weighted by atomic mass is 16.7. The first-order valence-corrected chi connectivity index (χ1v) is 19.3. The van der Waals surface area contributed by atoms with Crippen LogP contribution in [0.25, 0.3) is 0 Å². The lowest BCUT2D eigenvalue weighted by Crippen LogP contribution is -2.65. The second-order valence-corrected chi connectivity index (χ2v) is 14.0. The molecule has 11 unspecified atom stereocenters. The lowest BCUT2D eigenvalue weighted by atomic mass is 9.92. The zero-order chi connectivity index (χ0) is 37.6. The number of aliphatic hydroxyl groups excluding tert-OH is 7. The molecule has 0 aliphatic carbocycles. The van der Waals surface area contributed by atoms with Gasteiger partial charge in [0.2, 0.25) is 11.8 Å². The van der Waals surface area contributed by atoms with E-state index in [1.807, 2.05) is 0 Å². The van der Waals surface area contributed by atoms with Crippen LogP contribution in [-0.4, -0.2) is 141 Å². The number of nitrogens with one attached hydrogen (secondary N) is 2.